The maximum absolute atomic E-state index is 11.8. The lowest BCUT2D eigenvalue weighted by molar-refractivity contribution is -0.116. The maximum atomic E-state index is 11.8. The number of thiophene rings is 1. The van der Waals surface area contributed by atoms with Crippen molar-refractivity contribution >= 4 is 39.2 Å². The third-order valence-electron chi connectivity index (χ3n) is 3.06. The summed E-state index contributed by atoms with van der Waals surface area (Å²) in [7, 11) is 0. The first-order valence-electron chi connectivity index (χ1n) is 6.80. The highest BCUT2D eigenvalue weighted by Crippen LogP contribution is 2.31. The van der Waals surface area contributed by atoms with Gasteiger partial charge in [-0.05, 0) is 51.8 Å². The first-order valence-corrected chi connectivity index (χ1v) is 8.41. The molecular weight excluding hydrogens is 366 g/mol. The molecule has 6 heteroatoms. The third kappa shape index (κ3) is 3.90. The number of rotatable bonds is 4. The van der Waals surface area contributed by atoms with Crippen LogP contribution in [0.2, 0.25) is 0 Å². The lowest BCUT2D eigenvalue weighted by Gasteiger charge is -2.18. The van der Waals surface area contributed by atoms with Gasteiger partial charge in [-0.25, -0.2) is 0 Å². The second-order valence-electron chi connectivity index (χ2n) is 4.66. The van der Waals surface area contributed by atoms with Gasteiger partial charge >= 0.3 is 0 Å². The quantitative estimate of drug-likeness (QED) is 0.825. The molecular formula is C16H14BrNO3S. The lowest BCUT2D eigenvalue weighted by atomic mass is 10.2. The number of ether oxygens (including phenoxy) is 2. The molecule has 3 rings (SSSR count). The molecule has 4 nitrogen and oxygen atoms in total. The number of carbonyl (C=O) groups is 1. The molecule has 114 valence electrons. The molecule has 0 saturated heterocycles. The summed E-state index contributed by atoms with van der Waals surface area (Å²) >= 11 is 5.01. The van der Waals surface area contributed by atoms with Gasteiger partial charge in [0.2, 0.25) is 5.91 Å². The number of carbonyl (C=O) groups excluding carboxylic acids is 1. The summed E-state index contributed by atoms with van der Waals surface area (Å²) in [5.74, 6) is 1.34. The van der Waals surface area contributed by atoms with Crippen molar-refractivity contribution in [3.8, 4) is 11.5 Å². The number of hydrogen-bond acceptors (Lipinski definition) is 4. The first kappa shape index (κ1) is 15.1. The van der Waals surface area contributed by atoms with Gasteiger partial charge < -0.3 is 14.8 Å². The molecule has 0 fully saturated rings. The Balaban J connectivity index is 1.57. The summed E-state index contributed by atoms with van der Waals surface area (Å²) in [6.07, 6.45) is 3.28. The molecule has 2 aromatic rings. The number of benzene rings is 1. The molecule has 2 heterocycles. The molecule has 1 aromatic carbocycles. The number of fused-ring (bicyclic) bond motifs is 1. The maximum Gasteiger partial charge on any atom is 0.244 e. The Kier molecular flexibility index (Phi) is 4.80. The van der Waals surface area contributed by atoms with Crippen molar-refractivity contribution in [3.63, 3.8) is 0 Å². The molecule has 1 aliphatic rings. The van der Waals surface area contributed by atoms with E-state index in [1.54, 1.807) is 17.4 Å². The van der Waals surface area contributed by atoms with Crippen molar-refractivity contribution < 1.29 is 14.3 Å². The minimum Gasteiger partial charge on any atom is -0.486 e. The molecule has 1 aromatic heterocycles. The van der Waals surface area contributed by atoms with Gasteiger partial charge in [0, 0.05) is 11.0 Å². The fraction of sp³-hybridized carbons (Fsp3) is 0.188. The van der Waals surface area contributed by atoms with E-state index in [0.29, 0.717) is 19.8 Å². The Morgan fingerprint density at radius 1 is 1.23 bits per heavy atom. The van der Waals surface area contributed by atoms with Crippen LogP contribution in [0.15, 0.2) is 40.2 Å². The van der Waals surface area contributed by atoms with Crippen LogP contribution in [0.4, 0.5) is 0 Å². The Labute approximate surface area is 140 Å². The van der Waals surface area contributed by atoms with Crippen LogP contribution >= 0.6 is 27.3 Å². The van der Waals surface area contributed by atoms with Gasteiger partial charge in [-0.1, -0.05) is 6.07 Å². The standard InChI is InChI=1S/C16H14BrNO3S/c17-15-5-3-12(22-15)10-18-16(19)6-2-11-1-4-13-14(9-11)21-8-7-20-13/h1-6,9H,7-8,10H2,(H,18,19)/b6-2+. The fourth-order valence-corrected chi connectivity index (χ4v) is 3.44. The summed E-state index contributed by atoms with van der Waals surface area (Å²) in [5, 5.41) is 2.85. The van der Waals surface area contributed by atoms with Gasteiger partial charge in [-0.2, -0.15) is 0 Å². The van der Waals surface area contributed by atoms with Crippen molar-refractivity contribution in [2.24, 2.45) is 0 Å². The summed E-state index contributed by atoms with van der Waals surface area (Å²) in [4.78, 5) is 12.9. The highest BCUT2D eigenvalue weighted by Gasteiger charge is 2.10. The molecule has 0 aliphatic carbocycles. The molecule has 0 bridgehead atoms. The Morgan fingerprint density at radius 3 is 2.82 bits per heavy atom. The van der Waals surface area contributed by atoms with Crippen LogP contribution in [0, 0.1) is 0 Å². The number of amides is 1. The summed E-state index contributed by atoms with van der Waals surface area (Å²) in [6, 6.07) is 9.58. The zero-order valence-electron chi connectivity index (χ0n) is 11.7. The molecule has 1 aliphatic heterocycles. The highest BCUT2D eigenvalue weighted by molar-refractivity contribution is 9.11. The van der Waals surface area contributed by atoms with Crippen LogP contribution in [-0.4, -0.2) is 19.1 Å². The van der Waals surface area contributed by atoms with Crippen molar-refractivity contribution in [3.05, 3.63) is 50.6 Å². The topological polar surface area (TPSA) is 47.6 Å². The van der Waals surface area contributed by atoms with E-state index in [0.717, 1.165) is 25.7 Å². The number of halogens is 1. The normalized spacial score (nSPS) is 13.3. The lowest BCUT2D eigenvalue weighted by Crippen LogP contribution is -2.19. The van der Waals surface area contributed by atoms with E-state index < -0.39 is 0 Å². The molecule has 0 spiro atoms. The zero-order chi connectivity index (χ0) is 15.4. The third-order valence-corrected chi connectivity index (χ3v) is 4.68. The molecule has 22 heavy (non-hydrogen) atoms. The molecule has 0 radical (unpaired) electrons. The summed E-state index contributed by atoms with van der Waals surface area (Å²) < 4.78 is 12.0. The fourth-order valence-electron chi connectivity index (χ4n) is 2.02. The average molecular weight is 380 g/mol. The van der Waals surface area contributed by atoms with Crippen molar-refractivity contribution in [1.82, 2.24) is 5.32 Å². The average Bonchev–Trinajstić information content (AvgIpc) is 2.96. The predicted molar refractivity (Wildman–Crippen MR) is 90.3 cm³/mol. The van der Waals surface area contributed by atoms with Crippen molar-refractivity contribution in [2.45, 2.75) is 6.54 Å². The van der Waals surface area contributed by atoms with E-state index in [4.69, 9.17) is 9.47 Å². The summed E-state index contributed by atoms with van der Waals surface area (Å²) in [6.45, 7) is 1.65. The minimum absolute atomic E-state index is 0.126. The second kappa shape index (κ2) is 6.98. The van der Waals surface area contributed by atoms with E-state index in [-0.39, 0.29) is 5.91 Å². The van der Waals surface area contributed by atoms with Crippen LogP contribution < -0.4 is 14.8 Å². The first-order chi connectivity index (χ1) is 10.7. The smallest absolute Gasteiger partial charge is 0.244 e. The van der Waals surface area contributed by atoms with E-state index in [1.165, 1.54) is 6.08 Å². The molecule has 0 unspecified atom stereocenters. The Morgan fingerprint density at radius 2 is 2.05 bits per heavy atom. The van der Waals surface area contributed by atoms with E-state index in [1.807, 2.05) is 30.3 Å². The summed E-state index contributed by atoms with van der Waals surface area (Å²) in [5.41, 5.74) is 0.901. The van der Waals surface area contributed by atoms with E-state index in [9.17, 15) is 4.79 Å². The molecule has 0 atom stereocenters. The SMILES string of the molecule is O=C(/C=C/c1ccc2c(c1)OCCO2)NCc1ccc(Br)s1. The van der Waals surface area contributed by atoms with E-state index in [2.05, 4.69) is 21.2 Å². The van der Waals surface area contributed by atoms with Crippen molar-refractivity contribution in [2.75, 3.05) is 13.2 Å². The van der Waals surface area contributed by atoms with Crippen LogP contribution in [0.1, 0.15) is 10.4 Å². The minimum atomic E-state index is -0.126. The van der Waals surface area contributed by atoms with Gasteiger partial charge in [0.05, 0.1) is 10.3 Å². The van der Waals surface area contributed by atoms with E-state index >= 15 is 0 Å². The van der Waals surface area contributed by atoms with Gasteiger partial charge in [-0.15, -0.1) is 11.3 Å². The highest BCUT2D eigenvalue weighted by atomic mass is 79.9. The van der Waals surface area contributed by atoms with Crippen LogP contribution in [-0.2, 0) is 11.3 Å². The van der Waals surface area contributed by atoms with Gasteiger partial charge in [-0.3, -0.25) is 4.79 Å². The van der Waals surface area contributed by atoms with Crippen molar-refractivity contribution in [1.29, 1.82) is 0 Å². The number of hydrogen-bond donors (Lipinski definition) is 1. The second-order valence-corrected chi connectivity index (χ2v) is 7.21. The monoisotopic (exact) mass is 379 g/mol. The zero-order valence-corrected chi connectivity index (χ0v) is 14.1. The van der Waals surface area contributed by atoms with Crippen LogP contribution in [0.5, 0.6) is 11.5 Å². The van der Waals surface area contributed by atoms with Gasteiger partial charge in [0.1, 0.15) is 13.2 Å². The van der Waals surface area contributed by atoms with Gasteiger partial charge in [0.15, 0.2) is 11.5 Å². The molecule has 0 saturated carbocycles. The largest absolute Gasteiger partial charge is 0.486 e. The number of nitrogens with one attached hydrogen (secondary N) is 1. The van der Waals surface area contributed by atoms with Crippen LogP contribution in [0.25, 0.3) is 6.08 Å². The predicted octanol–water partition coefficient (Wildman–Crippen LogP) is 3.61. The Hall–Kier alpha value is -1.79. The Bertz CT molecular complexity index is 711. The molecule has 1 amide bonds. The molecule has 1 N–H and O–H groups in total. The van der Waals surface area contributed by atoms with Gasteiger partial charge in [0.25, 0.3) is 0 Å². The van der Waals surface area contributed by atoms with Crippen LogP contribution in [0.3, 0.4) is 0 Å².